The maximum Gasteiger partial charge on any atom is 0.408 e. The molecule has 21 heavy (non-hydrogen) atoms. The van der Waals surface area contributed by atoms with Crippen LogP contribution in [0.4, 0.5) is 4.79 Å². The van der Waals surface area contributed by atoms with E-state index in [-0.39, 0.29) is 12.1 Å². The maximum absolute atomic E-state index is 11.8. The number of alkyl carbamates (subject to hydrolysis) is 1. The third-order valence-corrected chi connectivity index (χ3v) is 2.83. The Balaban J connectivity index is 2.64. The first-order valence-corrected chi connectivity index (χ1v) is 7.34. The first-order valence-electron chi connectivity index (χ1n) is 7.34. The van der Waals surface area contributed by atoms with Crippen LogP contribution in [0.1, 0.15) is 53.3 Å². The monoisotopic (exact) mass is 297 g/mol. The molecule has 0 aromatic carbocycles. The zero-order valence-corrected chi connectivity index (χ0v) is 13.8. The average molecular weight is 297 g/mol. The molecule has 1 N–H and O–H groups in total. The highest BCUT2D eigenvalue weighted by molar-refractivity contribution is 5.68. The number of carbonyl (C=O) groups is 1. The van der Waals surface area contributed by atoms with Crippen molar-refractivity contribution in [3.63, 3.8) is 0 Å². The summed E-state index contributed by atoms with van der Waals surface area (Å²) in [5.74, 6) is 0. The van der Waals surface area contributed by atoms with Gasteiger partial charge < -0.3 is 19.4 Å². The van der Waals surface area contributed by atoms with Gasteiger partial charge >= 0.3 is 6.09 Å². The van der Waals surface area contributed by atoms with Crippen LogP contribution in [-0.2, 0) is 16.0 Å². The number of ether oxygens (including phenoxy) is 2. The lowest BCUT2D eigenvalue weighted by atomic mass is 10.2. The van der Waals surface area contributed by atoms with Gasteiger partial charge in [0, 0.05) is 13.2 Å². The fraction of sp³-hybridized carbons (Fsp3) is 0.733. The minimum absolute atomic E-state index is 0.0941. The number of rotatable bonds is 6. The topological polar surface area (TPSA) is 65.4 Å². The molecular formula is C15H27N3O3. The van der Waals surface area contributed by atoms with Crippen molar-refractivity contribution >= 4 is 6.09 Å². The molecule has 0 aliphatic carbocycles. The summed E-state index contributed by atoms with van der Waals surface area (Å²) in [6, 6.07) is -0.184. The number of nitrogens with zero attached hydrogens (tertiary/aromatic N) is 2. The number of hydrogen-bond acceptors (Lipinski definition) is 4. The number of hydrogen-bond donors (Lipinski definition) is 1. The molecular weight excluding hydrogens is 270 g/mol. The van der Waals surface area contributed by atoms with E-state index in [1.54, 1.807) is 12.5 Å². The van der Waals surface area contributed by atoms with E-state index in [1.165, 1.54) is 0 Å². The van der Waals surface area contributed by atoms with E-state index in [9.17, 15) is 4.79 Å². The molecule has 6 heteroatoms. The van der Waals surface area contributed by atoms with Crippen molar-refractivity contribution in [2.75, 3.05) is 6.61 Å². The van der Waals surface area contributed by atoms with Gasteiger partial charge in [0.15, 0.2) is 0 Å². The van der Waals surface area contributed by atoms with Crippen LogP contribution in [0.5, 0.6) is 0 Å². The second kappa shape index (κ2) is 7.45. The maximum atomic E-state index is 11.8. The van der Waals surface area contributed by atoms with Gasteiger partial charge in [-0.05, 0) is 41.5 Å². The van der Waals surface area contributed by atoms with Gasteiger partial charge in [-0.1, -0.05) is 0 Å². The van der Waals surface area contributed by atoms with Gasteiger partial charge in [-0.25, -0.2) is 9.78 Å². The molecule has 1 heterocycles. The molecule has 6 nitrogen and oxygen atoms in total. The van der Waals surface area contributed by atoms with Crippen molar-refractivity contribution < 1.29 is 14.3 Å². The van der Waals surface area contributed by atoms with Gasteiger partial charge in [0.25, 0.3) is 0 Å². The quantitative estimate of drug-likeness (QED) is 0.877. The van der Waals surface area contributed by atoms with Crippen LogP contribution < -0.4 is 5.32 Å². The lowest BCUT2D eigenvalue weighted by Crippen LogP contribution is -2.35. The predicted molar refractivity (Wildman–Crippen MR) is 81.1 cm³/mol. The molecule has 0 saturated heterocycles. The number of carbonyl (C=O) groups excluding carboxylic acids is 1. The number of nitrogens with one attached hydrogen (secondary N) is 1. The highest BCUT2D eigenvalue weighted by Gasteiger charge is 2.20. The predicted octanol–water partition coefficient (Wildman–Crippen LogP) is 2.89. The van der Waals surface area contributed by atoms with E-state index in [4.69, 9.17) is 9.47 Å². The van der Waals surface area contributed by atoms with Crippen LogP contribution in [0.2, 0.25) is 0 Å². The zero-order valence-electron chi connectivity index (χ0n) is 13.8. The minimum atomic E-state index is -0.506. The summed E-state index contributed by atoms with van der Waals surface area (Å²) in [5.41, 5.74) is 0.417. The van der Waals surface area contributed by atoms with Crippen LogP contribution in [0.25, 0.3) is 0 Å². The highest BCUT2D eigenvalue weighted by atomic mass is 16.6. The molecule has 120 valence electrons. The molecule has 0 saturated carbocycles. The van der Waals surface area contributed by atoms with Gasteiger partial charge in [-0.2, -0.15) is 0 Å². The summed E-state index contributed by atoms with van der Waals surface area (Å²) in [4.78, 5) is 16.0. The van der Waals surface area contributed by atoms with Crippen molar-refractivity contribution in [1.82, 2.24) is 14.9 Å². The summed E-state index contributed by atoms with van der Waals surface area (Å²) in [6.07, 6.45) is 3.16. The zero-order chi connectivity index (χ0) is 16.0. The van der Waals surface area contributed by atoms with Gasteiger partial charge in [0.05, 0.1) is 30.4 Å². The molecule has 0 aliphatic rings. The Morgan fingerprint density at radius 2 is 2.10 bits per heavy atom. The number of amides is 1. The van der Waals surface area contributed by atoms with Crippen molar-refractivity contribution in [3.8, 4) is 0 Å². The summed E-state index contributed by atoms with van der Waals surface area (Å²) < 4.78 is 12.8. The first kappa shape index (κ1) is 17.5. The Bertz CT molecular complexity index is 451. The Labute approximate surface area is 126 Å². The molecule has 0 aliphatic heterocycles. The van der Waals surface area contributed by atoms with Crippen LogP contribution >= 0.6 is 0 Å². The normalized spacial score (nSPS) is 14.6. The second-order valence-corrected chi connectivity index (χ2v) is 6.10. The lowest BCUT2D eigenvalue weighted by Gasteiger charge is -2.23. The summed E-state index contributed by atoms with van der Waals surface area (Å²) in [7, 11) is 0. The van der Waals surface area contributed by atoms with Gasteiger partial charge in [0.2, 0.25) is 0 Å². The van der Waals surface area contributed by atoms with Crippen LogP contribution in [0, 0.1) is 0 Å². The molecule has 0 bridgehead atoms. The first-order chi connectivity index (χ1) is 9.73. The molecule has 0 radical (unpaired) electrons. The fourth-order valence-electron chi connectivity index (χ4n) is 2.02. The molecule has 1 unspecified atom stereocenters. The number of imidazole rings is 1. The Kier molecular flexibility index (Phi) is 6.20. The average Bonchev–Trinajstić information content (AvgIpc) is 2.74. The third-order valence-electron chi connectivity index (χ3n) is 2.83. The van der Waals surface area contributed by atoms with E-state index in [1.807, 2.05) is 46.1 Å². The molecule has 2 atom stereocenters. The molecule has 0 fully saturated rings. The minimum Gasteiger partial charge on any atom is -0.444 e. The summed E-state index contributed by atoms with van der Waals surface area (Å²) in [6.45, 7) is 12.8. The SMILES string of the molecule is CCOC(C)Cn1cncc1[C@@H](C)NC(=O)OC(C)(C)C. The van der Waals surface area contributed by atoms with E-state index in [2.05, 4.69) is 10.3 Å². The fourth-order valence-corrected chi connectivity index (χ4v) is 2.02. The van der Waals surface area contributed by atoms with Crippen LogP contribution in [0.15, 0.2) is 12.5 Å². The van der Waals surface area contributed by atoms with Crippen molar-refractivity contribution in [2.24, 2.45) is 0 Å². The van der Waals surface area contributed by atoms with E-state index in [0.717, 1.165) is 5.69 Å². The third kappa shape index (κ3) is 6.16. The van der Waals surface area contributed by atoms with Crippen molar-refractivity contribution in [2.45, 2.75) is 65.8 Å². The van der Waals surface area contributed by atoms with Gasteiger partial charge in [-0.15, -0.1) is 0 Å². The Hall–Kier alpha value is -1.56. The van der Waals surface area contributed by atoms with Crippen LogP contribution in [0.3, 0.4) is 0 Å². The van der Waals surface area contributed by atoms with Gasteiger partial charge in [0.1, 0.15) is 5.60 Å². The largest absolute Gasteiger partial charge is 0.444 e. The second-order valence-electron chi connectivity index (χ2n) is 6.10. The summed E-state index contributed by atoms with van der Waals surface area (Å²) in [5, 5.41) is 2.82. The van der Waals surface area contributed by atoms with E-state index in [0.29, 0.717) is 13.2 Å². The Morgan fingerprint density at radius 1 is 1.43 bits per heavy atom. The molecule has 1 aromatic rings. The van der Waals surface area contributed by atoms with E-state index >= 15 is 0 Å². The molecule has 1 amide bonds. The smallest absolute Gasteiger partial charge is 0.408 e. The molecule has 0 spiro atoms. The standard InChI is InChI=1S/C15H27N3O3/c1-7-20-11(2)9-18-10-16-8-13(18)12(3)17-14(19)21-15(4,5)6/h8,10-12H,7,9H2,1-6H3,(H,17,19)/t11?,12-/m1/s1. The van der Waals surface area contributed by atoms with Gasteiger partial charge in [-0.3, -0.25) is 0 Å². The number of aromatic nitrogens is 2. The lowest BCUT2D eigenvalue weighted by molar-refractivity contribution is 0.0502. The molecule has 1 aromatic heterocycles. The van der Waals surface area contributed by atoms with Crippen molar-refractivity contribution in [3.05, 3.63) is 18.2 Å². The van der Waals surface area contributed by atoms with E-state index < -0.39 is 11.7 Å². The van der Waals surface area contributed by atoms with Crippen molar-refractivity contribution in [1.29, 1.82) is 0 Å². The molecule has 1 rings (SSSR count). The summed E-state index contributed by atoms with van der Waals surface area (Å²) >= 11 is 0. The van der Waals surface area contributed by atoms with Crippen LogP contribution in [-0.4, -0.2) is 34.0 Å². The Morgan fingerprint density at radius 3 is 2.67 bits per heavy atom. The highest BCUT2D eigenvalue weighted by Crippen LogP contribution is 2.14.